The van der Waals surface area contributed by atoms with Crippen LogP contribution in [0.15, 0.2) is 57.9 Å². The number of aryl methyl sites for hydroxylation is 1. The first-order valence-electron chi connectivity index (χ1n) is 7.00. The summed E-state index contributed by atoms with van der Waals surface area (Å²) in [5.74, 6) is 0.518. The summed E-state index contributed by atoms with van der Waals surface area (Å²) in [5.41, 5.74) is 2.72. The van der Waals surface area contributed by atoms with Gasteiger partial charge in [0.2, 0.25) is 10.0 Å². The van der Waals surface area contributed by atoms with Crippen molar-refractivity contribution >= 4 is 10.0 Å². The van der Waals surface area contributed by atoms with Crippen LogP contribution in [0, 0.1) is 18.3 Å². The van der Waals surface area contributed by atoms with E-state index in [9.17, 15) is 13.7 Å². The highest BCUT2D eigenvalue weighted by atomic mass is 32.2. The van der Waals surface area contributed by atoms with Gasteiger partial charge in [0.1, 0.15) is 11.5 Å². The van der Waals surface area contributed by atoms with Gasteiger partial charge in [-0.3, -0.25) is 0 Å². The molecule has 0 amide bonds. The zero-order valence-electron chi connectivity index (χ0n) is 12.7. The zero-order valence-corrected chi connectivity index (χ0v) is 13.5. The van der Waals surface area contributed by atoms with Crippen molar-refractivity contribution in [3.8, 4) is 28.5 Å². The lowest BCUT2D eigenvalue weighted by molar-refractivity contribution is 0.400. The lowest BCUT2D eigenvalue weighted by atomic mass is 9.98. The average Bonchev–Trinajstić information content (AvgIpc) is 2.96. The molecule has 1 heterocycles. The van der Waals surface area contributed by atoms with Crippen LogP contribution in [0.3, 0.4) is 0 Å². The Balaban J connectivity index is 2.28. The van der Waals surface area contributed by atoms with Crippen LogP contribution >= 0.6 is 0 Å². The number of primary sulfonamides is 1. The Morgan fingerprint density at radius 2 is 1.83 bits per heavy atom. The fourth-order valence-corrected chi connectivity index (χ4v) is 3.06. The van der Waals surface area contributed by atoms with E-state index in [1.165, 1.54) is 12.1 Å². The van der Waals surface area contributed by atoms with Crippen molar-refractivity contribution in [3.05, 3.63) is 59.9 Å². The molecule has 1 aromatic heterocycles. The van der Waals surface area contributed by atoms with Gasteiger partial charge in [0.15, 0.2) is 0 Å². The molecular weight excluding hydrogens is 326 g/mol. The Morgan fingerprint density at radius 3 is 2.46 bits per heavy atom. The first-order valence-corrected chi connectivity index (χ1v) is 8.55. The monoisotopic (exact) mass is 339 g/mol. The summed E-state index contributed by atoms with van der Waals surface area (Å²) in [4.78, 5) is -0.129. The molecule has 2 N–H and O–H groups in total. The molecule has 0 saturated carbocycles. The second kappa shape index (κ2) is 5.92. The summed E-state index contributed by atoms with van der Waals surface area (Å²) in [6, 6.07) is 15.5. The molecule has 0 saturated heterocycles. The fourth-order valence-electron chi connectivity index (χ4n) is 2.48. The molecule has 7 heteroatoms. The fraction of sp³-hybridized carbons (Fsp3) is 0.0588. The van der Waals surface area contributed by atoms with E-state index in [2.05, 4.69) is 5.16 Å². The Bertz CT molecular complexity index is 1050. The summed E-state index contributed by atoms with van der Waals surface area (Å²) in [7, 11) is -3.94. The van der Waals surface area contributed by atoms with E-state index in [1.807, 2.05) is 36.4 Å². The summed E-state index contributed by atoms with van der Waals surface area (Å²) >= 11 is 0. The van der Waals surface area contributed by atoms with Crippen LogP contribution in [0.25, 0.3) is 22.4 Å². The van der Waals surface area contributed by atoms with Gasteiger partial charge in [-0.2, -0.15) is 5.26 Å². The maximum absolute atomic E-state index is 11.7. The maximum Gasteiger partial charge on any atom is 0.238 e. The number of aromatic nitrogens is 1. The predicted molar refractivity (Wildman–Crippen MR) is 88.2 cm³/mol. The molecule has 0 spiro atoms. The highest BCUT2D eigenvalue weighted by Crippen LogP contribution is 2.35. The molecule has 0 bridgehead atoms. The minimum Gasteiger partial charge on any atom is -0.360 e. The minimum absolute atomic E-state index is 0.129. The van der Waals surface area contributed by atoms with Crippen molar-refractivity contribution in [2.45, 2.75) is 11.8 Å². The second-order valence-corrected chi connectivity index (χ2v) is 6.79. The van der Waals surface area contributed by atoms with E-state index < -0.39 is 10.0 Å². The van der Waals surface area contributed by atoms with Crippen LogP contribution in [0.5, 0.6) is 0 Å². The number of rotatable bonds is 3. The molecule has 2 aromatic carbocycles. The molecule has 0 atom stereocenters. The first-order chi connectivity index (χ1) is 11.4. The number of hydrogen-bond donors (Lipinski definition) is 1. The normalized spacial score (nSPS) is 11.2. The van der Waals surface area contributed by atoms with Gasteiger partial charge in [-0.25, -0.2) is 13.6 Å². The lowest BCUT2D eigenvalue weighted by Gasteiger charge is -2.06. The Kier molecular flexibility index (Phi) is 3.93. The van der Waals surface area contributed by atoms with Crippen molar-refractivity contribution in [1.29, 1.82) is 5.26 Å². The van der Waals surface area contributed by atoms with Gasteiger partial charge in [0.25, 0.3) is 0 Å². The highest BCUT2D eigenvalue weighted by molar-refractivity contribution is 7.89. The smallest absolute Gasteiger partial charge is 0.238 e. The molecule has 0 aliphatic rings. The van der Waals surface area contributed by atoms with Gasteiger partial charge in [-0.05, 0) is 30.7 Å². The number of nitriles is 1. The van der Waals surface area contributed by atoms with Gasteiger partial charge in [-0.1, -0.05) is 35.5 Å². The summed E-state index contributed by atoms with van der Waals surface area (Å²) in [5, 5.41) is 18.5. The van der Waals surface area contributed by atoms with E-state index in [-0.39, 0.29) is 10.5 Å². The van der Waals surface area contributed by atoms with Gasteiger partial charge in [-0.15, -0.1) is 0 Å². The Hall–Kier alpha value is -2.95. The average molecular weight is 339 g/mol. The van der Waals surface area contributed by atoms with Crippen LogP contribution in [0.2, 0.25) is 0 Å². The molecule has 24 heavy (non-hydrogen) atoms. The molecule has 3 aromatic rings. The summed E-state index contributed by atoms with van der Waals surface area (Å²) in [6.45, 7) is 1.73. The third-order valence-corrected chi connectivity index (χ3v) is 4.46. The van der Waals surface area contributed by atoms with Crippen molar-refractivity contribution in [2.75, 3.05) is 0 Å². The van der Waals surface area contributed by atoms with E-state index >= 15 is 0 Å². The Labute approximate surface area is 139 Å². The molecule has 0 unspecified atom stereocenters. The Morgan fingerprint density at radius 1 is 1.12 bits per heavy atom. The standard InChI is InChI=1S/C17H13N3O3S/c1-11-16(17(20-23-11)13-5-3-2-4-6-13)14-7-12(10-18)8-15(9-14)24(19,21)22/h2-9H,1H3,(H2,19,21,22). The minimum atomic E-state index is -3.94. The van der Waals surface area contributed by atoms with Crippen molar-refractivity contribution in [3.63, 3.8) is 0 Å². The molecule has 6 nitrogen and oxygen atoms in total. The lowest BCUT2D eigenvalue weighted by Crippen LogP contribution is -2.12. The van der Waals surface area contributed by atoms with Crippen LogP contribution in [-0.4, -0.2) is 13.6 Å². The van der Waals surface area contributed by atoms with Crippen LogP contribution < -0.4 is 5.14 Å². The van der Waals surface area contributed by atoms with E-state index in [1.54, 1.807) is 13.0 Å². The predicted octanol–water partition coefficient (Wildman–Crippen LogP) is 2.84. The largest absolute Gasteiger partial charge is 0.360 e. The third kappa shape index (κ3) is 2.93. The quantitative estimate of drug-likeness (QED) is 0.789. The van der Waals surface area contributed by atoms with Gasteiger partial charge >= 0.3 is 0 Å². The van der Waals surface area contributed by atoms with Gasteiger partial charge < -0.3 is 4.52 Å². The molecule has 120 valence electrons. The highest BCUT2D eigenvalue weighted by Gasteiger charge is 2.19. The van der Waals surface area contributed by atoms with Crippen molar-refractivity contribution in [1.82, 2.24) is 5.16 Å². The van der Waals surface area contributed by atoms with Crippen molar-refractivity contribution in [2.24, 2.45) is 5.14 Å². The number of nitrogens with two attached hydrogens (primary N) is 1. The second-order valence-electron chi connectivity index (χ2n) is 5.23. The molecule has 0 radical (unpaired) electrons. The number of nitrogens with zero attached hydrogens (tertiary/aromatic N) is 2. The van der Waals surface area contributed by atoms with E-state index in [4.69, 9.17) is 9.66 Å². The van der Waals surface area contributed by atoms with E-state index in [0.29, 0.717) is 22.6 Å². The summed E-state index contributed by atoms with van der Waals surface area (Å²) in [6.07, 6.45) is 0. The molecule has 0 aliphatic heterocycles. The van der Waals surface area contributed by atoms with Crippen LogP contribution in [0.4, 0.5) is 0 Å². The molecular formula is C17H13N3O3S. The van der Waals surface area contributed by atoms with Gasteiger partial charge in [0.05, 0.1) is 22.1 Å². The topological polar surface area (TPSA) is 110 Å². The molecule has 3 rings (SSSR count). The number of sulfonamides is 1. The third-order valence-electron chi connectivity index (χ3n) is 3.56. The first kappa shape index (κ1) is 15.9. The zero-order chi connectivity index (χ0) is 17.3. The number of hydrogen-bond acceptors (Lipinski definition) is 5. The van der Waals surface area contributed by atoms with Crippen molar-refractivity contribution < 1.29 is 12.9 Å². The SMILES string of the molecule is Cc1onc(-c2ccccc2)c1-c1cc(C#N)cc(S(N)(=O)=O)c1. The number of benzene rings is 2. The van der Waals surface area contributed by atoms with Crippen LogP contribution in [-0.2, 0) is 10.0 Å². The molecule has 0 fully saturated rings. The maximum atomic E-state index is 11.7. The van der Waals surface area contributed by atoms with Crippen LogP contribution in [0.1, 0.15) is 11.3 Å². The molecule has 0 aliphatic carbocycles. The van der Waals surface area contributed by atoms with E-state index in [0.717, 1.165) is 5.56 Å². The summed E-state index contributed by atoms with van der Waals surface area (Å²) < 4.78 is 28.7. The van der Waals surface area contributed by atoms with Gasteiger partial charge in [0, 0.05) is 5.56 Å².